The molecule has 0 aromatic heterocycles. The maximum absolute atomic E-state index is 11.3. The number of nitrogens with two attached hydrogens (primary N) is 2. The van der Waals surface area contributed by atoms with Gasteiger partial charge in [0.15, 0.2) is 0 Å². The third-order valence-corrected chi connectivity index (χ3v) is 2.26. The predicted molar refractivity (Wildman–Crippen MR) is 65.3 cm³/mol. The molecular formula is C11H16N4O2. The zero-order chi connectivity index (χ0) is 12.8. The van der Waals surface area contributed by atoms with Gasteiger partial charge in [-0.3, -0.25) is 10.1 Å². The number of hydrogen-bond acceptors (Lipinski definition) is 4. The van der Waals surface area contributed by atoms with Crippen molar-refractivity contribution in [3.05, 3.63) is 29.8 Å². The summed E-state index contributed by atoms with van der Waals surface area (Å²) in [6.45, 7) is 0.539. The van der Waals surface area contributed by atoms with Crippen molar-refractivity contribution >= 4 is 17.6 Å². The fourth-order valence-electron chi connectivity index (χ4n) is 1.37. The summed E-state index contributed by atoms with van der Waals surface area (Å²) in [5.74, 6) is -0.442. The molecule has 6 heteroatoms. The van der Waals surface area contributed by atoms with Gasteiger partial charge < -0.3 is 16.4 Å². The van der Waals surface area contributed by atoms with Gasteiger partial charge in [0.2, 0.25) is 5.91 Å². The predicted octanol–water partition coefficient (Wildman–Crippen LogP) is -0.224. The smallest absolute Gasteiger partial charge is 0.318 e. The van der Waals surface area contributed by atoms with E-state index >= 15 is 0 Å². The fraction of sp³-hybridized carbons (Fsp3) is 0.273. The van der Waals surface area contributed by atoms with Gasteiger partial charge in [-0.05, 0) is 17.7 Å². The monoisotopic (exact) mass is 236 g/mol. The highest BCUT2D eigenvalue weighted by Crippen LogP contribution is 2.12. The molecule has 0 aliphatic rings. The molecule has 3 amide bonds. The summed E-state index contributed by atoms with van der Waals surface area (Å²) in [6.07, 6.45) is 0. The Labute approximate surface area is 99.6 Å². The zero-order valence-corrected chi connectivity index (χ0v) is 9.64. The van der Waals surface area contributed by atoms with Gasteiger partial charge in [0.25, 0.3) is 0 Å². The normalized spacial score (nSPS) is 9.76. The molecule has 1 aromatic rings. The summed E-state index contributed by atoms with van der Waals surface area (Å²) in [5, 5.41) is 2.00. The summed E-state index contributed by atoms with van der Waals surface area (Å²) in [5.41, 5.74) is 12.2. The van der Waals surface area contributed by atoms with E-state index in [-0.39, 0.29) is 6.54 Å². The molecule has 0 spiro atoms. The highest BCUT2D eigenvalue weighted by molar-refractivity contribution is 5.95. The first kappa shape index (κ1) is 13.0. The number of carbonyl (C=O) groups excluding carboxylic acids is 2. The number of nitrogens with zero attached hydrogens (tertiary/aromatic N) is 1. The standard InChI is InChI=1S/C11H16N4O2/c1-15(7-10(16)14-11(13)17)9-4-2-8(6-12)3-5-9/h2-5H,6-7,12H2,1H3,(H3,13,14,16,17). The second-order valence-electron chi connectivity index (χ2n) is 3.64. The van der Waals surface area contributed by atoms with Crippen molar-refractivity contribution < 1.29 is 9.59 Å². The number of primary amides is 1. The van der Waals surface area contributed by atoms with Crippen LogP contribution in [0, 0.1) is 0 Å². The molecule has 17 heavy (non-hydrogen) atoms. The van der Waals surface area contributed by atoms with Crippen LogP contribution in [-0.4, -0.2) is 25.5 Å². The zero-order valence-electron chi connectivity index (χ0n) is 9.64. The van der Waals surface area contributed by atoms with Gasteiger partial charge in [0.05, 0.1) is 6.54 Å². The molecule has 5 N–H and O–H groups in total. The van der Waals surface area contributed by atoms with Gasteiger partial charge in [0, 0.05) is 19.3 Å². The molecule has 0 unspecified atom stereocenters. The Kier molecular flexibility index (Phi) is 4.47. The average molecular weight is 236 g/mol. The molecule has 0 radical (unpaired) electrons. The quantitative estimate of drug-likeness (QED) is 0.672. The van der Waals surface area contributed by atoms with Crippen molar-refractivity contribution in [3.8, 4) is 0 Å². The van der Waals surface area contributed by atoms with Crippen LogP contribution in [-0.2, 0) is 11.3 Å². The highest BCUT2D eigenvalue weighted by Gasteiger charge is 2.08. The summed E-state index contributed by atoms with van der Waals surface area (Å²) in [7, 11) is 1.75. The summed E-state index contributed by atoms with van der Waals surface area (Å²) in [4.78, 5) is 23.5. The van der Waals surface area contributed by atoms with Crippen molar-refractivity contribution in [1.29, 1.82) is 0 Å². The molecule has 0 saturated carbocycles. The lowest BCUT2D eigenvalue weighted by Gasteiger charge is -2.18. The lowest BCUT2D eigenvalue weighted by molar-refractivity contribution is -0.118. The van der Waals surface area contributed by atoms with Crippen LogP contribution in [0.4, 0.5) is 10.5 Å². The lowest BCUT2D eigenvalue weighted by Crippen LogP contribution is -2.41. The Morgan fingerprint density at radius 2 is 1.88 bits per heavy atom. The van der Waals surface area contributed by atoms with Gasteiger partial charge in [-0.25, -0.2) is 4.79 Å². The van der Waals surface area contributed by atoms with Crippen molar-refractivity contribution in [2.75, 3.05) is 18.5 Å². The second-order valence-corrected chi connectivity index (χ2v) is 3.64. The molecule has 0 aliphatic carbocycles. The highest BCUT2D eigenvalue weighted by atomic mass is 16.2. The van der Waals surface area contributed by atoms with Gasteiger partial charge in [-0.2, -0.15) is 0 Å². The van der Waals surface area contributed by atoms with E-state index in [0.717, 1.165) is 11.3 Å². The second kappa shape index (κ2) is 5.86. The molecule has 6 nitrogen and oxygen atoms in total. The molecule has 1 rings (SSSR count). The van der Waals surface area contributed by atoms with E-state index in [1.807, 2.05) is 29.6 Å². The Balaban J connectivity index is 2.59. The van der Waals surface area contributed by atoms with Crippen molar-refractivity contribution in [3.63, 3.8) is 0 Å². The molecule has 0 fully saturated rings. The van der Waals surface area contributed by atoms with E-state index in [9.17, 15) is 9.59 Å². The van der Waals surface area contributed by atoms with E-state index in [1.165, 1.54) is 0 Å². The number of amides is 3. The fourth-order valence-corrected chi connectivity index (χ4v) is 1.37. The van der Waals surface area contributed by atoms with Crippen molar-refractivity contribution in [2.45, 2.75) is 6.54 Å². The average Bonchev–Trinajstić information content (AvgIpc) is 2.28. The minimum atomic E-state index is -0.845. The topological polar surface area (TPSA) is 101 Å². The number of likely N-dealkylation sites (N-methyl/N-ethyl adjacent to an activating group) is 1. The third-order valence-electron chi connectivity index (χ3n) is 2.26. The van der Waals surface area contributed by atoms with E-state index < -0.39 is 11.9 Å². The number of urea groups is 1. The van der Waals surface area contributed by atoms with Gasteiger partial charge >= 0.3 is 6.03 Å². The van der Waals surface area contributed by atoms with Crippen LogP contribution in [0.2, 0.25) is 0 Å². The minimum Gasteiger partial charge on any atom is -0.365 e. The van der Waals surface area contributed by atoms with Gasteiger partial charge in [-0.15, -0.1) is 0 Å². The minimum absolute atomic E-state index is 0.0604. The van der Waals surface area contributed by atoms with Crippen LogP contribution in [0.15, 0.2) is 24.3 Å². The first-order valence-corrected chi connectivity index (χ1v) is 5.12. The number of carbonyl (C=O) groups is 2. The Morgan fingerprint density at radius 1 is 1.29 bits per heavy atom. The van der Waals surface area contributed by atoms with E-state index in [4.69, 9.17) is 11.5 Å². The first-order chi connectivity index (χ1) is 8.02. The van der Waals surface area contributed by atoms with Crippen molar-refractivity contribution in [2.24, 2.45) is 11.5 Å². The molecule has 0 bridgehead atoms. The number of benzene rings is 1. The van der Waals surface area contributed by atoms with E-state index in [2.05, 4.69) is 0 Å². The van der Waals surface area contributed by atoms with Gasteiger partial charge in [-0.1, -0.05) is 12.1 Å². The largest absolute Gasteiger partial charge is 0.365 e. The number of hydrogen-bond donors (Lipinski definition) is 3. The van der Waals surface area contributed by atoms with Crippen LogP contribution in [0.25, 0.3) is 0 Å². The molecule has 0 atom stereocenters. The molecule has 1 aromatic carbocycles. The Bertz CT molecular complexity index is 402. The van der Waals surface area contributed by atoms with Crippen molar-refractivity contribution in [1.82, 2.24) is 5.32 Å². The molecule has 0 aliphatic heterocycles. The SMILES string of the molecule is CN(CC(=O)NC(N)=O)c1ccc(CN)cc1. The summed E-state index contributed by atoms with van der Waals surface area (Å²) >= 11 is 0. The molecular weight excluding hydrogens is 220 g/mol. The Hall–Kier alpha value is -2.08. The van der Waals surface area contributed by atoms with E-state index in [1.54, 1.807) is 11.9 Å². The van der Waals surface area contributed by atoms with Crippen LogP contribution >= 0.6 is 0 Å². The van der Waals surface area contributed by atoms with Crippen LogP contribution in [0.3, 0.4) is 0 Å². The number of imide groups is 1. The van der Waals surface area contributed by atoms with E-state index in [0.29, 0.717) is 6.54 Å². The maximum Gasteiger partial charge on any atom is 0.318 e. The number of rotatable bonds is 4. The maximum atomic E-state index is 11.3. The molecule has 0 saturated heterocycles. The molecule has 0 heterocycles. The summed E-state index contributed by atoms with van der Waals surface area (Å²) in [6, 6.07) is 6.65. The first-order valence-electron chi connectivity index (χ1n) is 5.12. The van der Waals surface area contributed by atoms with Gasteiger partial charge in [0.1, 0.15) is 0 Å². The summed E-state index contributed by atoms with van der Waals surface area (Å²) < 4.78 is 0. The van der Waals surface area contributed by atoms with Crippen LogP contribution in [0.5, 0.6) is 0 Å². The van der Waals surface area contributed by atoms with Crippen LogP contribution in [0.1, 0.15) is 5.56 Å². The number of nitrogens with one attached hydrogen (secondary N) is 1. The third kappa shape index (κ3) is 4.12. The number of anilines is 1. The molecule has 92 valence electrons. The van der Waals surface area contributed by atoms with Crippen LogP contribution < -0.4 is 21.7 Å². The Morgan fingerprint density at radius 3 is 2.35 bits per heavy atom. The lowest BCUT2D eigenvalue weighted by atomic mass is 10.2.